The topological polar surface area (TPSA) is 30.8 Å². The van der Waals surface area contributed by atoms with E-state index in [1.165, 1.54) is 5.56 Å². The van der Waals surface area contributed by atoms with E-state index in [0.717, 1.165) is 23.5 Å². The monoisotopic (exact) mass is 295 g/mol. The van der Waals surface area contributed by atoms with Crippen LogP contribution < -0.4 is 9.47 Å². The van der Waals surface area contributed by atoms with Gasteiger partial charge in [-0.3, -0.25) is 4.99 Å². The largest absolute Gasteiger partial charge is 0.497 e. The van der Waals surface area contributed by atoms with E-state index in [4.69, 9.17) is 14.5 Å². The van der Waals surface area contributed by atoms with Crippen molar-refractivity contribution in [3.8, 4) is 11.5 Å². The van der Waals surface area contributed by atoms with E-state index in [9.17, 15) is 0 Å². The minimum Gasteiger partial charge on any atom is -0.497 e. The Kier molecular flexibility index (Phi) is 5.78. The second-order valence-electron chi connectivity index (χ2n) is 4.84. The third kappa shape index (κ3) is 3.98. The molecule has 3 nitrogen and oxygen atoms in total. The van der Waals surface area contributed by atoms with Gasteiger partial charge in [0.05, 0.1) is 20.3 Å². The molecule has 0 amide bonds. The zero-order valence-corrected chi connectivity index (χ0v) is 13.0. The third-order valence-electron chi connectivity index (χ3n) is 3.40. The summed E-state index contributed by atoms with van der Waals surface area (Å²) in [6.07, 6.45) is 4.51. The molecule has 114 valence electrons. The highest BCUT2D eigenvalue weighted by Crippen LogP contribution is 2.25. The summed E-state index contributed by atoms with van der Waals surface area (Å²) in [6, 6.07) is 15.9. The van der Waals surface area contributed by atoms with Gasteiger partial charge in [-0.1, -0.05) is 36.4 Å². The fraction of sp³-hybridized carbons (Fsp3) is 0.211. The SMILES string of the molecule is C=CC[C@H](N=Cc1cc(OC)ccc1OC)c1ccccc1. The number of ether oxygens (including phenoxy) is 2. The van der Waals surface area contributed by atoms with Crippen molar-refractivity contribution in [3.05, 3.63) is 72.3 Å². The van der Waals surface area contributed by atoms with Crippen LogP contribution in [0, 0.1) is 0 Å². The van der Waals surface area contributed by atoms with E-state index >= 15 is 0 Å². The first kappa shape index (κ1) is 15.8. The molecule has 0 saturated heterocycles. The molecule has 0 aliphatic heterocycles. The summed E-state index contributed by atoms with van der Waals surface area (Å²) >= 11 is 0. The van der Waals surface area contributed by atoms with Gasteiger partial charge in [-0.05, 0) is 30.2 Å². The number of nitrogens with zero attached hydrogens (tertiary/aromatic N) is 1. The van der Waals surface area contributed by atoms with E-state index in [2.05, 4.69) is 18.7 Å². The second kappa shape index (κ2) is 8.03. The molecule has 0 fully saturated rings. The van der Waals surface area contributed by atoms with Crippen LogP contribution in [-0.4, -0.2) is 20.4 Å². The number of hydrogen-bond donors (Lipinski definition) is 0. The van der Waals surface area contributed by atoms with Gasteiger partial charge in [0, 0.05) is 11.8 Å². The summed E-state index contributed by atoms with van der Waals surface area (Å²) in [7, 11) is 3.30. The van der Waals surface area contributed by atoms with Gasteiger partial charge in [0.1, 0.15) is 11.5 Å². The van der Waals surface area contributed by atoms with Crippen LogP contribution in [0.5, 0.6) is 11.5 Å². The van der Waals surface area contributed by atoms with Crippen LogP contribution >= 0.6 is 0 Å². The van der Waals surface area contributed by atoms with E-state index < -0.39 is 0 Å². The molecule has 2 aromatic carbocycles. The fourth-order valence-corrected chi connectivity index (χ4v) is 2.23. The van der Waals surface area contributed by atoms with Gasteiger partial charge >= 0.3 is 0 Å². The van der Waals surface area contributed by atoms with Gasteiger partial charge in [0.25, 0.3) is 0 Å². The summed E-state index contributed by atoms with van der Waals surface area (Å²) in [5, 5.41) is 0. The summed E-state index contributed by atoms with van der Waals surface area (Å²) in [4.78, 5) is 4.71. The van der Waals surface area contributed by atoms with Crippen LogP contribution in [0.4, 0.5) is 0 Å². The molecular formula is C19H21NO2. The summed E-state index contributed by atoms with van der Waals surface area (Å²) in [5.74, 6) is 1.55. The fourth-order valence-electron chi connectivity index (χ4n) is 2.23. The Labute approximate surface area is 131 Å². The highest BCUT2D eigenvalue weighted by molar-refractivity contribution is 5.84. The van der Waals surface area contributed by atoms with Crippen molar-refractivity contribution in [1.29, 1.82) is 0 Å². The van der Waals surface area contributed by atoms with E-state index in [-0.39, 0.29) is 6.04 Å². The number of hydrogen-bond acceptors (Lipinski definition) is 3. The first-order valence-electron chi connectivity index (χ1n) is 7.19. The Balaban J connectivity index is 2.29. The maximum atomic E-state index is 5.38. The predicted molar refractivity (Wildman–Crippen MR) is 91.1 cm³/mol. The van der Waals surface area contributed by atoms with Crippen LogP contribution in [0.25, 0.3) is 0 Å². The maximum Gasteiger partial charge on any atom is 0.127 e. The summed E-state index contributed by atoms with van der Waals surface area (Å²) in [6.45, 7) is 3.82. The van der Waals surface area contributed by atoms with Crippen molar-refractivity contribution in [1.82, 2.24) is 0 Å². The Bertz CT molecular complexity index is 635. The molecule has 0 unspecified atom stereocenters. The van der Waals surface area contributed by atoms with Crippen molar-refractivity contribution in [2.24, 2.45) is 4.99 Å². The van der Waals surface area contributed by atoms with E-state index in [1.807, 2.05) is 48.7 Å². The molecule has 0 bridgehead atoms. The van der Waals surface area contributed by atoms with Gasteiger partial charge in [-0.15, -0.1) is 6.58 Å². The molecular weight excluding hydrogens is 274 g/mol. The summed E-state index contributed by atoms with van der Waals surface area (Å²) in [5.41, 5.74) is 2.06. The highest BCUT2D eigenvalue weighted by atomic mass is 16.5. The van der Waals surface area contributed by atoms with Crippen LogP contribution in [0.2, 0.25) is 0 Å². The molecule has 0 saturated carbocycles. The van der Waals surface area contributed by atoms with Crippen LogP contribution in [0.15, 0.2) is 66.2 Å². The molecule has 0 aliphatic carbocycles. The van der Waals surface area contributed by atoms with Crippen molar-refractivity contribution in [2.75, 3.05) is 14.2 Å². The first-order valence-corrected chi connectivity index (χ1v) is 7.19. The lowest BCUT2D eigenvalue weighted by Gasteiger charge is -2.11. The van der Waals surface area contributed by atoms with Crippen LogP contribution in [0.3, 0.4) is 0 Å². The Morgan fingerprint density at radius 1 is 1.09 bits per heavy atom. The van der Waals surface area contributed by atoms with E-state index in [1.54, 1.807) is 14.2 Å². The minimum absolute atomic E-state index is 0.0506. The molecule has 0 N–H and O–H groups in total. The Morgan fingerprint density at radius 2 is 1.86 bits per heavy atom. The lowest BCUT2D eigenvalue weighted by Crippen LogP contribution is -1.97. The molecule has 2 rings (SSSR count). The average molecular weight is 295 g/mol. The molecule has 1 atom stereocenters. The molecule has 22 heavy (non-hydrogen) atoms. The molecule has 0 spiro atoms. The standard InChI is InChI=1S/C19H21NO2/c1-4-8-18(15-9-6-5-7-10-15)20-14-16-13-17(21-2)11-12-19(16)22-3/h4-7,9-14,18H,1,8H2,2-3H3/t18-/m0/s1. The Hall–Kier alpha value is -2.55. The van der Waals surface area contributed by atoms with E-state index in [0.29, 0.717) is 0 Å². The minimum atomic E-state index is 0.0506. The zero-order chi connectivity index (χ0) is 15.8. The first-order chi connectivity index (χ1) is 10.8. The lowest BCUT2D eigenvalue weighted by atomic mass is 10.0. The van der Waals surface area contributed by atoms with Crippen molar-refractivity contribution in [2.45, 2.75) is 12.5 Å². The van der Waals surface area contributed by atoms with Gasteiger partial charge in [-0.2, -0.15) is 0 Å². The van der Waals surface area contributed by atoms with Crippen molar-refractivity contribution in [3.63, 3.8) is 0 Å². The normalized spacial score (nSPS) is 12.1. The van der Waals surface area contributed by atoms with Gasteiger partial charge in [0.2, 0.25) is 0 Å². The van der Waals surface area contributed by atoms with Gasteiger partial charge < -0.3 is 9.47 Å². The number of benzene rings is 2. The number of rotatable bonds is 7. The molecule has 0 aromatic heterocycles. The third-order valence-corrected chi connectivity index (χ3v) is 3.40. The maximum absolute atomic E-state index is 5.38. The Morgan fingerprint density at radius 3 is 2.50 bits per heavy atom. The lowest BCUT2D eigenvalue weighted by molar-refractivity contribution is 0.402. The zero-order valence-electron chi connectivity index (χ0n) is 13.0. The molecule has 2 aromatic rings. The quantitative estimate of drug-likeness (QED) is 0.558. The molecule has 0 radical (unpaired) electrons. The number of methoxy groups -OCH3 is 2. The highest BCUT2D eigenvalue weighted by Gasteiger charge is 2.08. The summed E-state index contributed by atoms with van der Waals surface area (Å²) < 4.78 is 10.6. The smallest absolute Gasteiger partial charge is 0.127 e. The van der Waals surface area contributed by atoms with Gasteiger partial charge in [-0.25, -0.2) is 0 Å². The predicted octanol–water partition coefficient (Wildman–Crippen LogP) is 4.44. The van der Waals surface area contributed by atoms with Crippen molar-refractivity contribution < 1.29 is 9.47 Å². The number of aliphatic imine (C=N–C) groups is 1. The van der Waals surface area contributed by atoms with Crippen LogP contribution in [0.1, 0.15) is 23.6 Å². The van der Waals surface area contributed by atoms with Crippen LogP contribution in [-0.2, 0) is 0 Å². The molecule has 0 heterocycles. The molecule has 3 heteroatoms. The average Bonchev–Trinajstić information content (AvgIpc) is 2.59. The molecule has 0 aliphatic rings. The van der Waals surface area contributed by atoms with Gasteiger partial charge in [0.15, 0.2) is 0 Å². The van der Waals surface area contributed by atoms with Crippen molar-refractivity contribution >= 4 is 6.21 Å². The second-order valence-corrected chi connectivity index (χ2v) is 4.84.